The van der Waals surface area contributed by atoms with E-state index in [-0.39, 0.29) is 0 Å². The van der Waals surface area contributed by atoms with E-state index in [0.29, 0.717) is 18.8 Å². The topological polar surface area (TPSA) is 70.8 Å². The third kappa shape index (κ3) is 2.85. The predicted octanol–water partition coefficient (Wildman–Crippen LogP) is 2.09. The Morgan fingerprint density at radius 3 is 3.05 bits per heavy atom. The van der Waals surface area contributed by atoms with Gasteiger partial charge in [-0.1, -0.05) is 0 Å². The molecule has 0 spiro atoms. The summed E-state index contributed by atoms with van der Waals surface area (Å²) in [6.07, 6.45) is 2.71. The summed E-state index contributed by atoms with van der Waals surface area (Å²) in [4.78, 5) is 17.6. The highest BCUT2D eigenvalue weighted by atomic mass is 31.0. The minimum atomic E-state index is -1.03. The number of fused-ring (bicyclic) bond motifs is 1. The lowest BCUT2D eigenvalue weighted by atomic mass is 10.2. The Balaban J connectivity index is 1.90. The molecule has 3 rings (SSSR count). The van der Waals surface area contributed by atoms with E-state index < -0.39 is 6.09 Å². The van der Waals surface area contributed by atoms with Crippen molar-refractivity contribution in [3.8, 4) is 5.75 Å². The maximum atomic E-state index is 11.1. The van der Waals surface area contributed by atoms with Crippen molar-refractivity contribution >= 4 is 26.9 Å². The molecule has 0 saturated heterocycles. The second-order valence-electron chi connectivity index (χ2n) is 5.11. The molecule has 1 amide bonds. The quantitative estimate of drug-likeness (QED) is 0.877. The highest BCUT2D eigenvalue weighted by Gasteiger charge is 2.21. The Bertz CT molecular complexity index is 703. The van der Waals surface area contributed by atoms with E-state index in [1.807, 2.05) is 23.9 Å². The minimum Gasteiger partial charge on any atom is -0.490 e. The molecule has 1 N–H and O–H groups in total. The van der Waals surface area contributed by atoms with Crippen LogP contribution < -0.4 is 14.3 Å². The Morgan fingerprint density at radius 2 is 2.36 bits per heavy atom. The summed E-state index contributed by atoms with van der Waals surface area (Å²) in [5, 5.41) is 9.09. The normalized spacial score (nSPS) is 13.5. The number of aryl methyl sites for hydroxylation is 1. The molecule has 0 saturated carbocycles. The fourth-order valence-electron chi connectivity index (χ4n) is 2.43. The van der Waals surface area contributed by atoms with E-state index in [1.54, 1.807) is 18.5 Å². The van der Waals surface area contributed by atoms with Gasteiger partial charge in [0.15, 0.2) is 0 Å². The van der Waals surface area contributed by atoms with Crippen LogP contribution in [0.3, 0.4) is 0 Å². The Morgan fingerprint density at radius 1 is 1.55 bits per heavy atom. The molecule has 8 heteroatoms. The van der Waals surface area contributed by atoms with Crippen molar-refractivity contribution < 1.29 is 14.6 Å². The fourth-order valence-corrected chi connectivity index (χ4v) is 2.59. The molecule has 1 aromatic carbocycles. The van der Waals surface area contributed by atoms with E-state index in [0.717, 1.165) is 28.3 Å². The summed E-state index contributed by atoms with van der Waals surface area (Å²) in [5.41, 5.74) is 2.41. The van der Waals surface area contributed by atoms with Crippen molar-refractivity contribution in [3.63, 3.8) is 0 Å². The minimum absolute atomic E-state index is 0.577. The van der Waals surface area contributed by atoms with Gasteiger partial charge >= 0.3 is 6.09 Å². The molecule has 1 unspecified atom stereocenters. The van der Waals surface area contributed by atoms with Crippen LogP contribution in [0.5, 0.6) is 5.75 Å². The van der Waals surface area contributed by atoms with Crippen molar-refractivity contribution in [1.29, 1.82) is 0 Å². The molecule has 22 heavy (non-hydrogen) atoms. The molecule has 2 aromatic rings. The van der Waals surface area contributed by atoms with Crippen LogP contribution in [-0.4, -0.2) is 33.9 Å². The van der Waals surface area contributed by atoms with Crippen molar-refractivity contribution in [2.45, 2.75) is 6.54 Å². The molecular formula is C14H17N4O3P. The van der Waals surface area contributed by atoms with Gasteiger partial charge in [0.1, 0.15) is 12.4 Å². The smallest absolute Gasteiger partial charge is 0.414 e. The first-order chi connectivity index (χ1) is 10.5. The molecular weight excluding hydrogens is 303 g/mol. The molecule has 0 bridgehead atoms. The van der Waals surface area contributed by atoms with Gasteiger partial charge in [-0.3, -0.25) is 4.67 Å². The van der Waals surface area contributed by atoms with Gasteiger partial charge in [0.2, 0.25) is 0 Å². The lowest BCUT2D eigenvalue weighted by Gasteiger charge is -2.31. The van der Waals surface area contributed by atoms with E-state index in [9.17, 15) is 4.79 Å². The van der Waals surface area contributed by atoms with Gasteiger partial charge in [0.25, 0.3) is 0 Å². The van der Waals surface area contributed by atoms with Crippen molar-refractivity contribution in [3.05, 3.63) is 36.4 Å². The van der Waals surface area contributed by atoms with Gasteiger partial charge in [-0.25, -0.2) is 9.78 Å². The van der Waals surface area contributed by atoms with Crippen LogP contribution in [0.25, 0.3) is 0 Å². The zero-order valence-corrected chi connectivity index (χ0v) is 13.3. The molecule has 1 aliphatic rings. The molecule has 0 radical (unpaired) electrons. The third-order valence-electron chi connectivity index (χ3n) is 3.50. The third-order valence-corrected chi connectivity index (χ3v) is 4.02. The Hall–Kier alpha value is -2.27. The number of hydrogen-bond donors (Lipinski definition) is 1. The summed E-state index contributed by atoms with van der Waals surface area (Å²) in [6.45, 7) is 1.99. The number of aromatic nitrogens is 2. The molecule has 1 aliphatic heterocycles. The van der Waals surface area contributed by atoms with Crippen LogP contribution >= 0.6 is 9.39 Å². The number of anilines is 2. The van der Waals surface area contributed by atoms with Gasteiger partial charge in [-0.05, 0) is 27.6 Å². The van der Waals surface area contributed by atoms with Crippen LogP contribution in [-0.2, 0) is 13.6 Å². The molecule has 7 nitrogen and oxygen atoms in total. The first-order valence-electron chi connectivity index (χ1n) is 6.81. The molecule has 0 aliphatic carbocycles. The number of hydrogen-bond acceptors (Lipinski definition) is 4. The van der Waals surface area contributed by atoms with Gasteiger partial charge in [0, 0.05) is 13.2 Å². The lowest BCUT2D eigenvalue weighted by Crippen LogP contribution is -2.32. The number of amides is 1. The van der Waals surface area contributed by atoms with E-state index in [1.165, 1.54) is 0 Å². The van der Waals surface area contributed by atoms with Gasteiger partial charge in [-0.15, -0.1) is 0 Å². The van der Waals surface area contributed by atoms with E-state index in [2.05, 4.69) is 19.3 Å². The number of imidazole rings is 1. The molecule has 2 heterocycles. The zero-order chi connectivity index (χ0) is 15.7. The number of nitrogens with zero attached hydrogens (tertiary/aromatic N) is 4. The number of carboxylic acid groups (broad SMARTS) is 1. The standard InChI is InChI=1S/C14H17N4O3P/c1-16-7-10(15-9-16)8-17-4-5-21-13-3-2-11(6-12(13)17)18(22)14(19)20/h2-3,6-7,9H,4-5,8,22H2,1H3,(H,19,20). The van der Waals surface area contributed by atoms with Crippen LogP contribution in [0.1, 0.15) is 5.69 Å². The second kappa shape index (κ2) is 5.85. The van der Waals surface area contributed by atoms with Crippen LogP contribution in [0, 0.1) is 0 Å². The first-order valence-corrected chi connectivity index (χ1v) is 7.32. The zero-order valence-electron chi connectivity index (χ0n) is 12.1. The Labute approximate surface area is 130 Å². The predicted molar refractivity (Wildman–Crippen MR) is 86.4 cm³/mol. The molecule has 1 aromatic heterocycles. The van der Waals surface area contributed by atoms with Crippen LogP contribution in [0.4, 0.5) is 16.2 Å². The van der Waals surface area contributed by atoms with E-state index in [4.69, 9.17) is 9.84 Å². The number of carbonyl (C=O) groups is 1. The number of rotatable bonds is 3. The largest absolute Gasteiger partial charge is 0.490 e. The summed E-state index contributed by atoms with van der Waals surface area (Å²) in [7, 11) is 4.12. The summed E-state index contributed by atoms with van der Waals surface area (Å²) >= 11 is 0. The molecule has 0 fully saturated rings. The molecule has 116 valence electrons. The van der Waals surface area contributed by atoms with Crippen molar-refractivity contribution in [2.75, 3.05) is 22.7 Å². The average Bonchev–Trinajstić information content (AvgIpc) is 2.91. The highest BCUT2D eigenvalue weighted by Crippen LogP contribution is 2.36. The maximum Gasteiger partial charge on any atom is 0.414 e. The first kappa shape index (κ1) is 14.7. The maximum absolute atomic E-state index is 11.1. The second-order valence-corrected chi connectivity index (χ2v) is 5.62. The highest BCUT2D eigenvalue weighted by molar-refractivity contribution is 7.21. The van der Waals surface area contributed by atoms with Crippen LogP contribution in [0.15, 0.2) is 30.7 Å². The van der Waals surface area contributed by atoms with Crippen molar-refractivity contribution in [2.24, 2.45) is 7.05 Å². The monoisotopic (exact) mass is 320 g/mol. The average molecular weight is 320 g/mol. The fraction of sp³-hybridized carbons (Fsp3) is 0.286. The summed E-state index contributed by atoms with van der Waals surface area (Å²) in [5.74, 6) is 0.759. The SMILES string of the molecule is Cn1cnc(CN2CCOc3ccc(N(P)C(=O)O)cc32)c1. The summed E-state index contributed by atoms with van der Waals surface area (Å²) < 4.78 is 8.66. The lowest BCUT2D eigenvalue weighted by molar-refractivity contribution is 0.206. The van der Waals surface area contributed by atoms with Crippen molar-refractivity contribution in [1.82, 2.24) is 9.55 Å². The van der Waals surface area contributed by atoms with Gasteiger partial charge < -0.3 is 19.3 Å². The van der Waals surface area contributed by atoms with Crippen LogP contribution in [0.2, 0.25) is 0 Å². The summed E-state index contributed by atoms with van der Waals surface area (Å²) in [6, 6.07) is 5.35. The van der Waals surface area contributed by atoms with E-state index >= 15 is 0 Å². The number of ether oxygens (including phenoxy) is 1. The molecule has 1 atom stereocenters. The van der Waals surface area contributed by atoms with Gasteiger partial charge in [0.05, 0.1) is 36.5 Å². The number of benzene rings is 1. The Kier molecular flexibility index (Phi) is 3.90. The van der Waals surface area contributed by atoms with Gasteiger partial charge in [-0.2, -0.15) is 0 Å².